The van der Waals surface area contributed by atoms with E-state index < -0.39 is 5.54 Å². The summed E-state index contributed by atoms with van der Waals surface area (Å²) in [6, 6.07) is 0. The van der Waals surface area contributed by atoms with Crippen LogP contribution in [0.5, 0.6) is 0 Å². The minimum Gasteiger partial charge on any atom is -0.394 e. The Labute approximate surface area is 67.7 Å². The molecule has 3 heteroatoms. The minimum atomic E-state index is -0.556. The molecule has 0 aromatic rings. The number of nitrogens with one attached hydrogen (secondary N) is 1. The van der Waals surface area contributed by atoms with Gasteiger partial charge in [0.1, 0.15) is 0 Å². The lowest BCUT2D eigenvalue weighted by Gasteiger charge is -2.25. The normalized spacial score (nSPS) is 12.7. The molecule has 0 spiro atoms. The van der Waals surface area contributed by atoms with E-state index in [0.717, 1.165) is 0 Å². The van der Waals surface area contributed by atoms with Crippen LogP contribution in [0.1, 0.15) is 13.8 Å². The van der Waals surface area contributed by atoms with Crippen LogP contribution in [0.4, 0.5) is 0 Å². The number of aliphatic hydroxyl groups excluding tert-OH is 2. The Hall–Kier alpha value is -0.380. The van der Waals surface area contributed by atoms with Crippen LogP contribution < -0.4 is 5.32 Å². The molecule has 0 aliphatic heterocycles. The summed E-state index contributed by atoms with van der Waals surface area (Å²) in [4.78, 5) is 0. The fourth-order valence-corrected chi connectivity index (χ4v) is 0.585. The highest BCUT2D eigenvalue weighted by Crippen LogP contribution is 1.99. The van der Waals surface area contributed by atoms with E-state index >= 15 is 0 Å². The molecule has 0 aliphatic carbocycles. The number of rotatable bonds is 5. The van der Waals surface area contributed by atoms with Gasteiger partial charge in [-0.05, 0) is 13.8 Å². The molecule has 11 heavy (non-hydrogen) atoms. The van der Waals surface area contributed by atoms with Gasteiger partial charge in [-0.25, -0.2) is 0 Å². The maximum absolute atomic E-state index is 8.84. The third-order valence-electron chi connectivity index (χ3n) is 1.58. The smallest absolute Gasteiger partial charge is 0.0633 e. The quantitative estimate of drug-likeness (QED) is 0.491. The molecule has 0 aromatic heterocycles. The molecular weight excluding hydrogens is 142 g/mol. The molecule has 0 amide bonds. The molecule has 66 valence electrons. The Morgan fingerprint density at radius 2 is 1.91 bits per heavy atom. The summed E-state index contributed by atoms with van der Waals surface area (Å²) in [5.41, 5.74) is -0.556. The third kappa shape index (κ3) is 4.14. The molecule has 0 saturated heterocycles. The van der Waals surface area contributed by atoms with Gasteiger partial charge in [-0.1, -0.05) is 12.2 Å². The van der Waals surface area contributed by atoms with Crippen LogP contribution in [0.2, 0.25) is 0 Å². The van der Waals surface area contributed by atoms with Crippen molar-refractivity contribution in [2.45, 2.75) is 19.4 Å². The van der Waals surface area contributed by atoms with Crippen LogP contribution in [0.25, 0.3) is 0 Å². The van der Waals surface area contributed by atoms with Crippen molar-refractivity contribution in [1.29, 1.82) is 0 Å². The van der Waals surface area contributed by atoms with Crippen LogP contribution in [0.15, 0.2) is 12.2 Å². The molecule has 0 heterocycles. The Balaban J connectivity index is 3.68. The summed E-state index contributed by atoms with van der Waals surface area (Å²) in [7, 11) is 0. The second-order valence-corrected chi connectivity index (χ2v) is 2.83. The second-order valence-electron chi connectivity index (χ2n) is 2.83. The molecule has 0 atom stereocenters. The summed E-state index contributed by atoms with van der Waals surface area (Å²) in [5.74, 6) is 0. The van der Waals surface area contributed by atoms with Crippen LogP contribution in [0.3, 0.4) is 0 Å². The molecule has 0 bridgehead atoms. The zero-order valence-corrected chi connectivity index (χ0v) is 7.17. The van der Waals surface area contributed by atoms with Gasteiger partial charge >= 0.3 is 0 Å². The molecule has 0 rings (SSSR count). The fourth-order valence-electron chi connectivity index (χ4n) is 0.585. The third-order valence-corrected chi connectivity index (χ3v) is 1.58. The minimum absolute atomic E-state index is 0.0545. The van der Waals surface area contributed by atoms with Crippen LogP contribution in [-0.4, -0.2) is 35.5 Å². The Morgan fingerprint density at radius 3 is 2.27 bits per heavy atom. The number of allylic oxidation sites excluding steroid dienone is 1. The summed E-state index contributed by atoms with van der Waals surface area (Å²) in [5, 5.41) is 20.7. The Kier molecular flexibility index (Phi) is 5.11. The molecule has 0 saturated carbocycles. The summed E-state index contributed by atoms with van der Waals surface area (Å²) < 4.78 is 0. The van der Waals surface area contributed by atoms with Crippen molar-refractivity contribution in [2.75, 3.05) is 19.8 Å². The van der Waals surface area contributed by atoms with E-state index in [1.165, 1.54) is 0 Å². The van der Waals surface area contributed by atoms with Gasteiger partial charge in [0.15, 0.2) is 0 Å². The van der Waals surface area contributed by atoms with Crippen molar-refractivity contribution in [2.24, 2.45) is 0 Å². The molecule has 0 aromatic carbocycles. The topological polar surface area (TPSA) is 52.5 Å². The number of hydrogen-bond acceptors (Lipinski definition) is 3. The fraction of sp³-hybridized carbons (Fsp3) is 0.750. The number of aliphatic hydroxyl groups is 2. The van der Waals surface area contributed by atoms with Crippen molar-refractivity contribution in [3.8, 4) is 0 Å². The Bertz CT molecular complexity index is 119. The standard InChI is InChI=1S/C8H17NO2/c1-3-4-5-9-8(2,6-10)7-11/h3-4,9-11H,5-7H2,1-2H3/b4-3+. The maximum atomic E-state index is 8.84. The second kappa shape index (κ2) is 5.29. The van der Waals surface area contributed by atoms with Crippen molar-refractivity contribution in [3.63, 3.8) is 0 Å². The molecule has 0 fully saturated rings. The van der Waals surface area contributed by atoms with E-state index in [1.54, 1.807) is 6.92 Å². The predicted molar refractivity (Wildman–Crippen MR) is 45.4 cm³/mol. The Morgan fingerprint density at radius 1 is 1.36 bits per heavy atom. The zero-order chi connectivity index (χ0) is 8.74. The van der Waals surface area contributed by atoms with Gasteiger partial charge in [-0.15, -0.1) is 0 Å². The van der Waals surface area contributed by atoms with E-state index in [9.17, 15) is 0 Å². The molecule has 0 aliphatic rings. The summed E-state index contributed by atoms with van der Waals surface area (Å²) in [6.07, 6.45) is 3.85. The lowest BCUT2D eigenvalue weighted by Crippen LogP contribution is -2.48. The summed E-state index contributed by atoms with van der Waals surface area (Å²) >= 11 is 0. The average Bonchev–Trinajstić information content (AvgIpc) is 2.05. The first-order valence-corrected chi connectivity index (χ1v) is 3.76. The van der Waals surface area contributed by atoms with Crippen molar-refractivity contribution < 1.29 is 10.2 Å². The van der Waals surface area contributed by atoms with Gasteiger partial charge in [-0.3, -0.25) is 0 Å². The first-order chi connectivity index (χ1) is 5.18. The maximum Gasteiger partial charge on any atom is 0.0633 e. The highest BCUT2D eigenvalue weighted by atomic mass is 16.3. The highest BCUT2D eigenvalue weighted by molar-refractivity contribution is 4.87. The monoisotopic (exact) mass is 159 g/mol. The zero-order valence-electron chi connectivity index (χ0n) is 7.17. The van der Waals surface area contributed by atoms with E-state index in [1.807, 2.05) is 19.1 Å². The van der Waals surface area contributed by atoms with Gasteiger partial charge in [0.05, 0.1) is 18.8 Å². The van der Waals surface area contributed by atoms with Gasteiger partial charge in [0, 0.05) is 6.54 Å². The average molecular weight is 159 g/mol. The van der Waals surface area contributed by atoms with Crippen molar-refractivity contribution >= 4 is 0 Å². The molecule has 3 nitrogen and oxygen atoms in total. The van der Waals surface area contributed by atoms with Gasteiger partial charge in [0.2, 0.25) is 0 Å². The SMILES string of the molecule is C/C=C/CNC(C)(CO)CO. The van der Waals surface area contributed by atoms with Crippen LogP contribution in [-0.2, 0) is 0 Å². The van der Waals surface area contributed by atoms with Crippen LogP contribution >= 0.6 is 0 Å². The highest BCUT2D eigenvalue weighted by Gasteiger charge is 2.19. The first kappa shape index (κ1) is 10.6. The molecular formula is C8H17NO2. The van der Waals surface area contributed by atoms with Gasteiger partial charge in [-0.2, -0.15) is 0 Å². The molecule has 0 radical (unpaired) electrons. The van der Waals surface area contributed by atoms with E-state index in [2.05, 4.69) is 5.32 Å². The van der Waals surface area contributed by atoms with E-state index in [-0.39, 0.29) is 13.2 Å². The first-order valence-electron chi connectivity index (χ1n) is 3.76. The predicted octanol–water partition coefficient (Wildman–Crippen LogP) is -0.105. The molecule has 3 N–H and O–H groups in total. The van der Waals surface area contributed by atoms with Crippen LogP contribution in [0, 0.1) is 0 Å². The van der Waals surface area contributed by atoms with Crippen molar-refractivity contribution in [3.05, 3.63) is 12.2 Å². The van der Waals surface area contributed by atoms with Crippen molar-refractivity contribution in [1.82, 2.24) is 5.32 Å². The molecule has 0 unspecified atom stereocenters. The van der Waals surface area contributed by atoms with E-state index in [4.69, 9.17) is 10.2 Å². The lowest BCUT2D eigenvalue weighted by atomic mass is 10.1. The van der Waals surface area contributed by atoms with Gasteiger partial charge < -0.3 is 15.5 Å². The van der Waals surface area contributed by atoms with E-state index in [0.29, 0.717) is 6.54 Å². The van der Waals surface area contributed by atoms with Gasteiger partial charge in [0.25, 0.3) is 0 Å². The lowest BCUT2D eigenvalue weighted by molar-refractivity contribution is 0.107. The largest absolute Gasteiger partial charge is 0.394 e. The summed E-state index contributed by atoms with van der Waals surface area (Å²) in [6.45, 7) is 4.27. The number of hydrogen-bond donors (Lipinski definition) is 3.